The van der Waals surface area contributed by atoms with Crippen LogP contribution in [0.2, 0.25) is 0 Å². The molecular formula is C18H36N6. The number of guanidine groups is 1. The molecule has 138 valence electrons. The second kappa shape index (κ2) is 9.06. The van der Waals surface area contributed by atoms with E-state index < -0.39 is 0 Å². The van der Waals surface area contributed by atoms with E-state index in [2.05, 4.69) is 75.4 Å². The summed E-state index contributed by atoms with van der Waals surface area (Å²) in [7, 11) is 4.06. The molecule has 0 aromatic carbocycles. The maximum Gasteiger partial charge on any atom is 0.194 e. The zero-order chi connectivity index (χ0) is 18.3. The number of aromatic nitrogens is 2. The van der Waals surface area contributed by atoms with Gasteiger partial charge in [-0.25, -0.2) is 0 Å². The molecule has 0 aliphatic carbocycles. The van der Waals surface area contributed by atoms with Crippen molar-refractivity contribution >= 4 is 5.96 Å². The van der Waals surface area contributed by atoms with Crippen LogP contribution in [0, 0.1) is 0 Å². The summed E-state index contributed by atoms with van der Waals surface area (Å²) in [6, 6.07) is 0. The first-order valence-corrected chi connectivity index (χ1v) is 8.91. The lowest BCUT2D eigenvalue weighted by molar-refractivity contribution is 0.429. The summed E-state index contributed by atoms with van der Waals surface area (Å²) >= 11 is 0. The van der Waals surface area contributed by atoms with Gasteiger partial charge in [0.1, 0.15) is 0 Å². The minimum absolute atomic E-state index is 0.127. The van der Waals surface area contributed by atoms with Gasteiger partial charge >= 0.3 is 0 Å². The maximum absolute atomic E-state index is 4.74. The molecule has 0 aliphatic rings. The van der Waals surface area contributed by atoms with Crippen LogP contribution < -0.4 is 10.6 Å². The fraction of sp³-hybridized carbons (Fsp3) is 0.778. The largest absolute Gasteiger partial charge is 0.357 e. The lowest BCUT2D eigenvalue weighted by Gasteiger charge is -2.23. The van der Waals surface area contributed by atoms with E-state index in [9.17, 15) is 0 Å². The zero-order valence-corrected chi connectivity index (χ0v) is 16.8. The number of hydrogen-bond acceptors (Lipinski definition) is 3. The smallest absolute Gasteiger partial charge is 0.194 e. The summed E-state index contributed by atoms with van der Waals surface area (Å²) in [4.78, 5) is 6.91. The molecule has 1 aromatic heterocycles. The number of aliphatic imine (C=N–C) groups is 1. The van der Waals surface area contributed by atoms with Crippen molar-refractivity contribution in [3.05, 3.63) is 17.5 Å². The first kappa shape index (κ1) is 20.5. The standard InChI is InChI=1S/C18H36N6/c1-9-19-17(20-10-11-21-18(4,5)6)23(7)12-15-13-24(8)22-16(15)14(2)3/h13-14,21H,9-12H2,1-8H3,(H,19,20). The van der Waals surface area contributed by atoms with Crippen LogP contribution in [0.1, 0.15) is 58.7 Å². The molecular weight excluding hydrogens is 300 g/mol. The average molecular weight is 337 g/mol. The second-order valence-electron chi connectivity index (χ2n) is 7.64. The Balaban J connectivity index is 2.74. The molecule has 1 heterocycles. The Hall–Kier alpha value is -1.56. The number of nitrogens with zero attached hydrogens (tertiary/aromatic N) is 4. The van der Waals surface area contributed by atoms with Crippen molar-refractivity contribution in [1.82, 2.24) is 25.3 Å². The van der Waals surface area contributed by atoms with E-state index in [4.69, 9.17) is 4.99 Å². The Labute approximate surface area is 147 Å². The van der Waals surface area contributed by atoms with E-state index >= 15 is 0 Å². The van der Waals surface area contributed by atoms with E-state index in [1.165, 1.54) is 5.56 Å². The number of aryl methyl sites for hydroxylation is 1. The third-order valence-electron chi connectivity index (χ3n) is 3.62. The van der Waals surface area contributed by atoms with Crippen LogP contribution in [0.25, 0.3) is 0 Å². The summed E-state index contributed by atoms with van der Waals surface area (Å²) in [5, 5.41) is 11.4. The van der Waals surface area contributed by atoms with Gasteiger partial charge in [-0.15, -0.1) is 0 Å². The van der Waals surface area contributed by atoms with E-state index in [1.807, 2.05) is 11.7 Å². The van der Waals surface area contributed by atoms with Gasteiger partial charge in [-0.05, 0) is 33.6 Å². The second-order valence-corrected chi connectivity index (χ2v) is 7.64. The lowest BCUT2D eigenvalue weighted by Crippen LogP contribution is -2.40. The van der Waals surface area contributed by atoms with E-state index in [0.717, 1.165) is 37.8 Å². The van der Waals surface area contributed by atoms with Crippen LogP contribution in [0.3, 0.4) is 0 Å². The summed E-state index contributed by atoms with van der Waals surface area (Å²) in [5.41, 5.74) is 2.55. The summed E-state index contributed by atoms with van der Waals surface area (Å²) in [6.45, 7) is 16.3. The highest BCUT2D eigenvalue weighted by Gasteiger charge is 2.15. The lowest BCUT2D eigenvalue weighted by atomic mass is 10.1. The third kappa shape index (κ3) is 6.91. The molecule has 0 bridgehead atoms. The molecule has 6 nitrogen and oxygen atoms in total. The van der Waals surface area contributed by atoms with Gasteiger partial charge in [0.05, 0.1) is 12.2 Å². The molecule has 0 saturated carbocycles. The van der Waals surface area contributed by atoms with E-state index in [0.29, 0.717) is 5.92 Å². The quantitative estimate of drug-likeness (QED) is 0.456. The van der Waals surface area contributed by atoms with Crippen LogP contribution in [0.15, 0.2) is 11.2 Å². The first-order valence-electron chi connectivity index (χ1n) is 8.91. The van der Waals surface area contributed by atoms with Gasteiger partial charge in [0.25, 0.3) is 0 Å². The molecule has 0 amide bonds. The molecule has 0 radical (unpaired) electrons. The maximum atomic E-state index is 4.74. The molecule has 0 aliphatic heterocycles. The van der Waals surface area contributed by atoms with Crippen molar-refractivity contribution < 1.29 is 0 Å². The Bertz CT molecular complexity index is 524. The van der Waals surface area contributed by atoms with Crippen molar-refractivity contribution in [2.24, 2.45) is 12.0 Å². The number of nitrogens with one attached hydrogen (secondary N) is 2. The van der Waals surface area contributed by atoms with Gasteiger partial charge in [-0.3, -0.25) is 9.67 Å². The van der Waals surface area contributed by atoms with Crippen LogP contribution >= 0.6 is 0 Å². The fourth-order valence-corrected chi connectivity index (χ4v) is 2.56. The van der Waals surface area contributed by atoms with Crippen molar-refractivity contribution in [1.29, 1.82) is 0 Å². The Morgan fingerprint density at radius 1 is 1.38 bits per heavy atom. The van der Waals surface area contributed by atoms with E-state index in [-0.39, 0.29) is 5.54 Å². The van der Waals surface area contributed by atoms with Crippen LogP contribution in [-0.2, 0) is 13.6 Å². The summed E-state index contributed by atoms with van der Waals surface area (Å²) in [5.74, 6) is 1.36. The zero-order valence-electron chi connectivity index (χ0n) is 16.8. The molecule has 0 fully saturated rings. The van der Waals surface area contributed by atoms with E-state index in [1.54, 1.807) is 0 Å². The molecule has 1 aromatic rings. The molecule has 0 unspecified atom stereocenters. The van der Waals surface area contributed by atoms with Crippen LogP contribution in [-0.4, -0.2) is 52.9 Å². The fourth-order valence-electron chi connectivity index (χ4n) is 2.56. The van der Waals surface area contributed by atoms with Gasteiger partial charge in [0, 0.05) is 51.0 Å². The predicted molar refractivity (Wildman–Crippen MR) is 102 cm³/mol. The molecule has 2 N–H and O–H groups in total. The van der Waals surface area contributed by atoms with Crippen LogP contribution in [0.5, 0.6) is 0 Å². The summed E-state index contributed by atoms with van der Waals surface area (Å²) < 4.78 is 1.90. The average Bonchev–Trinajstić information content (AvgIpc) is 2.82. The summed E-state index contributed by atoms with van der Waals surface area (Å²) in [6.07, 6.45) is 2.11. The first-order chi connectivity index (χ1) is 11.1. The van der Waals surface area contributed by atoms with Crippen molar-refractivity contribution in [3.63, 3.8) is 0 Å². The van der Waals surface area contributed by atoms with Gasteiger partial charge in [-0.1, -0.05) is 13.8 Å². The third-order valence-corrected chi connectivity index (χ3v) is 3.62. The minimum Gasteiger partial charge on any atom is -0.357 e. The SMILES string of the molecule is CCNC(=NCCNC(C)(C)C)N(C)Cc1cn(C)nc1C(C)C. The molecule has 24 heavy (non-hydrogen) atoms. The molecule has 1 rings (SSSR count). The molecule has 0 atom stereocenters. The Morgan fingerprint density at radius 2 is 2.04 bits per heavy atom. The van der Waals surface area contributed by atoms with Gasteiger partial charge in [0.15, 0.2) is 5.96 Å². The van der Waals surface area contributed by atoms with Gasteiger partial charge in [0.2, 0.25) is 0 Å². The topological polar surface area (TPSA) is 57.5 Å². The monoisotopic (exact) mass is 336 g/mol. The van der Waals surface area contributed by atoms with Crippen LogP contribution in [0.4, 0.5) is 0 Å². The van der Waals surface area contributed by atoms with Crippen molar-refractivity contribution in [2.45, 2.75) is 59.5 Å². The normalized spacial score (nSPS) is 12.8. The molecule has 0 spiro atoms. The Kier molecular flexibility index (Phi) is 7.73. The predicted octanol–water partition coefficient (Wildman–Crippen LogP) is 2.33. The van der Waals surface area contributed by atoms with Gasteiger partial charge < -0.3 is 15.5 Å². The van der Waals surface area contributed by atoms with Crippen molar-refractivity contribution in [3.8, 4) is 0 Å². The van der Waals surface area contributed by atoms with Crippen molar-refractivity contribution in [2.75, 3.05) is 26.7 Å². The number of rotatable bonds is 7. The minimum atomic E-state index is 0.127. The van der Waals surface area contributed by atoms with Gasteiger partial charge in [-0.2, -0.15) is 5.10 Å². The molecule has 6 heteroatoms. The highest BCUT2D eigenvalue weighted by molar-refractivity contribution is 5.79. The Morgan fingerprint density at radius 3 is 2.58 bits per heavy atom. The highest BCUT2D eigenvalue weighted by Crippen LogP contribution is 2.18. The molecule has 0 saturated heterocycles. The highest BCUT2D eigenvalue weighted by atomic mass is 15.3. The number of hydrogen-bond donors (Lipinski definition) is 2.